The third kappa shape index (κ3) is 3.37. The Hall–Kier alpha value is -1.21. The average molecular weight is 257 g/mol. The minimum absolute atomic E-state index is 0.285. The summed E-state index contributed by atoms with van der Waals surface area (Å²) in [5, 5.41) is 7.90. The van der Waals surface area contributed by atoms with Crippen LogP contribution in [0.2, 0.25) is 0 Å². The van der Waals surface area contributed by atoms with Gasteiger partial charge in [0, 0.05) is 13.1 Å². The summed E-state index contributed by atoms with van der Waals surface area (Å²) in [7, 11) is -3.38. The van der Waals surface area contributed by atoms with E-state index in [4.69, 9.17) is 4.18 Å². The predicted octanol–water partition coefficient (Wildman–Crippen LogP) is 0.340. The first kappa shape index (κ1) is 12.3. The Morgan fingerprint density at radius 3 is 2.94 bits per heavy atom. The molecule has 0 amide bonds. The lowest BCUT2D eigenvalue weighted by molar-refractivity contribution is 0.234. The first-order valence-electron chi connectivity index (χ1n) is 5.36. The highest BCUT2D eigenvalue weighted by atomic mass is 32.2. The van der Waals surface area contributed by atoms with Crippen LogP contribution in [0.5, 0.6) is 0 Å². The van der Waals surface area contributed by atoms with Gasteiger partial charge in [0.2, 0.25) is 0 Å². The normalized spacial score (nSPS) is 20.8. The summed E-state index contributed by atoms with van der Waals surface area (Å²) in [6.45, 7) is 3.21. The number of aromatic nitrogens is 2. The highest BCUT2D eigenvalue weighted by molar-refractivity contribution is 7.86. The fourth-order valence-electron chi connectivity index (χ4n) is 1.87. The second-order valence-corrected chi connectivity index (χ2v) is 5.85. The van der Waals surface area contributed by atoms with Gasteiger partial charge in [0.15, 0.2) is 5.82 Å². The van der Waals surface area contributed by atoms with Crippen LogP contribution in [0.3, 0.4) is 0 Å². The summed E-state index contributed by atoms with van der Waals surface area (Å²) in [4.78, 5) is 1.98. The molecular formula is C10H15N3O3S. The Morgan fingerprint density at radius 2 is 2.29 bits per heavy atom. The standard InChI is InChI=1S/C10H15N3O3S/c1-8-5-10(12-11-6-8)13-4-3-9(7-13)16-17(2,14)15/h5-6,9H,3-4,7H2,1-2H3/t9-/m1/s1. The van der Waals surface area contributed by atoms with Crippen molar-refractivity contribution in [1.82, 2.24) is 10.2 Å². The van der Waals surface area contributed by atoms with Gasteiger partial charge in [-0.1, -0.05) is 0 Å². The summed E-state index contributed by atoms with van der Waals surface area (Å²) in [6.07, 6.45) is 3.15. The van der Waals surface area contributed by atoms with Crippen LogP contribution in [-0.2, 0) is 14.3 Å². The van der Waals surface area contributed by atoms with Crippen molar-refractivity contribution < 1.29 is 12.6 Å². The van der Waals surface area contributed by atoms with E-state index in [9.17, 15) is 8.42 Å². The zero-order valence-corrected chi connectivity index (χ0v) is 10.6. The van der Waals surface area contributed by atoms with Crippen LogP contribution in [0.25, 0.3) is 0 Å². The molecule has 2 heterocycles. The van der Waals surface area contributed by atoms with E-state index in [1.54, 1.807) is 6.20 Å². The van der Waals surface area contributed by atoms with Crippen molar-refractivity contribution in [3.8, 4) is 0 Å². The van der Waals surface area contributed by atoms with Crippen molar-refractivity contribution in [2.24, 2.45) is 0 Å². The number of anilines is 1. The summed E-state index contributed by atoms with van der Waals surface area (Å²) in [5.41, 5.74) is 1.03. The van der Waals surface area contributed by atoms with Crippen molar-refractivity contribution in [1.29, 1.82) is 0 Å². The molecule has 0 spiro atoms. The first-order valence-corrected chi connectivity index (χ1v) is 7.18. The Labute approximate surface area is 101 Å². The zero-order chi connectivity index (χ0) is 12.5. The molecule has 0 bridgehead atoms. The van der Waals surface area contributed by atoms with E-state index in [0.29, 0.717) is 13.0 Å². The van der Waals surface area contributed by atoms with Gasteiger partial charge < -0.3 is 4.90 Å². The third-order valence-corrected chi connectivity index (χ3v) is 3.18. The van der Waals surface area contributed by atoms with Crippen LogP contribution < -0.4 is 4.90 Å². The molecular weight excluding hydrogens is 242 g/mol. The van der Waals surface area contributed by atoms with Crippen LogP contribution in [0.1, 0.15) is 12.0 Å². The number of hydrogen-bond donors (Lipinski definition) is 0. The molecule has 0 unspecified atom stereocenters. The quantitative estimate of drug-likeness (QED) is 0.727. The summed E-state index contributed by atoms with van der Waals surface area (Å²) in [5.74, 6) is 0.768. The van der Waals surface area contributed by atoms with E-state index in [1.807, 2.05) is 17.9 Å². The SMILES string of the molecule is Cc1cnnc(N2CC[C@@H](OS(C)(=O)=O)C2)c1. The molecule has 17 heavy (non-hydrogen) atoms. The van der Waals surface area contributed by atoms with Gasteiger partial charge in [-0.2, -0.15) is 13.5 Å². The smallest absolute Gasteiger partial charge is 0.264 e. The Bertz CT molecular complexity index is 503. The van der Waals surface area contributed by atoms with Gasteiger partial charge in [-0.3, -0.25) is 4.18 Å². The van der Waals surface area contributed by atoms with Crippen molar-refractivity contribution in [2.45, 2.75) is 19.4 Å². The van der Waals surface area contributed by atoms with E-state index in [0.717, 1.165) is 24.2 Å². The Balaban J connectivity index is 2.03. The molecule has 1 aromatic heterocycles. The second-order valence-electron chi connectivity index (χ2n) is 4.25. The molecule has 1 aromatic rings. The molecule has 1 aliphatic heterocycles. The van der Waals surface area contributed by atoms with Gasteiger partial charge in [-0.25, -0.2) is 0 Å². The molecule has 0 N–H and O–H groups in total. The van der Waals surface area contributed by atoms with Crippen molar-refractivity contribution in [2.75, 3.05) is 24.2 Å². The summed E-state index contributed by atoms with van der Waals surface area (Å²) >= 11 is 0. The lowest BCUT2D eigenvalue weighted by atomic mass is 10.3. The first-order chi connectivity index (χ1) is 7.94. The summed E-state index contributed by atoms with van der Waals surface area (Å²) < 4.78 is 27.0. The van der Waals surface area contributed by atoms with E-state index < -0.39 is 10.1 Å². The number of rotatable bonds is 3. The second kappa shape index (κ2) is 4.58. The lowest BCUT2D eigenvalue weighted by Gasteiger charge is -2.16. The molecule has 7 heteroatoms. The summed E-state index contributed by atoms with van der Waals surface area (Å²) in [6, 6.07) is 1.93. The average Bonchev–Trinajstić information content (AvgIpc) is 2.63. The minimum atomic E-state index is -3.38. The van der Waals surface area contributed by atoms with Gasteiger partial charge in [0.1, 0.15) is 0 Å². The van der Waals surface area contributed by atoms with Gasteiger partial charge in [-0.15, -0.1) is 5.10 Å². The van der Waals surface area contributed by atoms with Gasteiger partial charge in [0.05, 0.1) is 18.6 Å². The van der Waals surface area contributed by atoms with Crippen LogP contribution in [0, 0.1) is 6.92 Å². The van der Waals surface area contributed by atoms with Gasteiger partial charge >= 0.3 is 0 Å². The molecule has 1 saturated heterocycles. The molecule has 1 fully saturated rings. The maximum atomic E-state index is 11.0. The number of hydrogen-bond acceptors (Lipinski definition) is 6. The maximum absolute atomic E-state index is 11.0. The minimum Gasteiger partial charge on any atom is -0.352 e. The topological polar surface area (TPSA) is 72.4 Å². The molecule has 0 aromatic carbocycles. The Kier molecular flexibility index (Phi) is 3.30. The monoisotopic (exact) mass is 257 g/mol. The predicted molar refractivity (Wildman–Crippen MR) is 63.3 cm³/mol. The molecule has 6 nitrogen and oxygen atoms in total. The molecule has 94 valence electrons. The number of aryl methyl sites for hydroxylation is 1. The highest BCUT2D eigenvalue weighted by Gasteiger charge is 2.27. The van der Waals surface area contributed by atoms with Gasteiger partial charge in [0.25, 0.3) is 10.1 Å². The van der Waals surface area contributed by atoms with Crippen LogP contribution >= 0.6 is 0 Å². The van der Waals surface area contributed by atoms with E-state index >= 15 is 0 Å². The fourth-order valence-corrected chi connectivity index (χ4v) is 2.52. The largest absolute Gasteiger partial charge is 0.352 e. The maximum Gasteiger partial charge on any atom is 0.264 e. The van der Waals surface area contributed by atoms with Crippen molar-refractivity contribution in [3.63, 3.8) is 0 Å². The van der Waals surface area contributed by atoms with Crippen LogP contribution in [-0.4, -0.2) is 44.1 Å². The Morgan fingerprint density at radius 1 is 1.53 bits per heavy atom. The van der Waals surface area contributed by atoms with E-state index in [2.05, 4.69) is 10.2 Å². The molecule has 0 saturated carbocycles. The van der Waals surface area contributed by atoms with Gasteiger partial charge in [-0.05, 0) is 25.0 Å². The molecule has 1 aliphatic rings. The molecule has 0 aliphatic carbocycles. The number of nitrogens with zero attached hydrogens (tertiary/aromatic N) is 3. The van der Waals surface area contributed by atoms with Crippen LogP contribution in [0.4, 0.5) is 5.82 Å². The third-order valence-electron chi connectivity index (χ3n) is 2.56. The molecule has 2 rings (SSSR count). The van der Waals surface area contributed by atoms with E-state index in [-0.39, 0.29) is 6.10 Å². The molecule has 0 radical (unpaired) electrons. The molecule has 1 atom stereocenters. The fraction of sp³-hybridized carbons (Fsp3) is 0.600. The van der Waals surface area contributed by atoms with Crippen molar-refractivity contribution >= 4 is 15.9 Å². The zero-order valence-electron chi connectivity index (χ0n) is 9.83. The van der Waals surface area contributed by atoms with Crippen LogP contribution in [0.15, 0.2) is 12.3 Å². The highest BCUT2D eigenvalue weighted by Crippen LogP contribution is 2.20. The lowest BCUT2D eigenvalue weighted by Crippen LogP contribution is -2.25. The van der Waals surface area contributed by atoms with E-state index in [1.165, 1.54) is 0 Å². The van der Waals surface area contributed by atoms with Crippen molar-refractivity contribution in [3.05, 3.63) is 17.8 Å².